The maximum atomic E-state index is 13.1. The SMILES string of the molecule is CCCn1c(NC(=O)c2cc(C)nn2CCF)nc2cc(C(N)=O)cc(OCCCNC(=O)OC(C)(C)C)c21. The topological polar surface area (TPSA) is 155 Å². The van der Waals surface area contributed by atoms with Crippen LogP contribution >= 0.6 is 0 Å². The molecule has 0 aliphatic carbocycles. The van der Waals surface area contributed by atoms with Crippen molar-refractivity contribution in [2.24, 2.45) is 5.73 Å². The van der Waals surface area contributed by atoms with Crippen molar-refractivity contribution < 1.29 is 28.2 Å². The van der Waals surface area contributed by atoms with E-state index in [1.165, 1.54) is 16.8 Å². The third-order valence-electron chi connectivity index (χ3n) is 5.44. The lowest BCUT2D eigenvalue weighted by atomic mass is 10.1. The van der Waals surface area contributed by atoms with Gasteiger partial charge >= 0.3 is 6.09 Å². The van der Waals surface area contributed by atoms with E-state index in [1.54, 1.807) is 38.3 Å². The quantitative estimate of drug-likeness (QED) is 0.294. The molecule has 0 fully saturated rings. The summed E-state index contributed by atoms with van der Waals surface area (Å²) in [6, 6.07) is 4.64. The molecule has 0 spiro atoms. The second kappa shape index (κ2) is 12.6. The zero-order valence-electron chi connectivity index (χ0n) is 23.0. The van der Waals surface area contributed by atoms with Crippen molar-refractivity contribution in [3.63, 3.8) is 0 Å². The van der Waals surface area contributed by atoms with Crippen LogP contribution in [0.3, 0.4) is 0 Å². The molecule has 3 rings (SSSR count). The zero-order valence-corrected chi connectivity index (χ0v) is 23.0. The van der Waals surface area contributed by atoms with Crippen molar-refractivity contribution in [3.05, 3.63) is 35.2 Å². The van der Waals surface area contributed by atoms with Crippen LogP contribution in [0.1, 0.15) is 67.1 Å². The predicted molar refractivity (Wildman–Crippen MR) is 144 cm³/mol. The van der Waals surface area contributed by atoms with Crippen molar-refractivity contribution in [2.75, 3.05) is 25.1 Å². The van der Waals surface area contributed by atoms with Crippen LogP contribution < -0.4 is 21.1 Å². The molecule has 0 radical (unpaired) electrons. The number of aromatic nitrogens is 4. The molecule has 1 aromatic carbocycles. The highest BCUT2D eigenvalue weighted by atomic mass is 19.1. The Morgan fingerprint density at radius 2 is 1.90 bits per heavy atom. The van der Waals surface area contributed by atoms with Gasteiger partial charge in [0.15, 0.2) is 0 Å². The average Bonchev–Trinajstić information content (AvgIpc) is 3.37. The number of nitrogens with one attached hydrogen (secondary N) is 2. The van der Waals surface area contributed by atoms with Gasteiger partial charge < -0.3 is 25.1 Å². The molecule has 0 aliphatic rings. The number of ether oxygens (including phenoxy) is 2. The van der Waals surface area contributed by atoms with Gasteiger partial charge in [-0.05, 0) is 58.7 Å². The first-order chi connectivity index (χ1) is 18.4. The standard InChI is InChI=1S/C26H36FN7O5/c1-6-10-33-21-18(30-24(33)31-23(36)19-13-16(2)32-34(19)11-8-27)14-17(22(28)35)15-20(21)38-12-7-9-29-25(37)39-26(3,4)5/h13-15H,6-12H2,1-5H3,(H2,28,35)(H,29,37)(H,30,31,36). The van der Waals surface area contributed by atoms with Gasteiger partial charge in [-0.3, -0.25) is 19.6 Å². The minimum atomic E-state index is -0.667. The average molecular weight is 546 g/mol. The van der Waals surface area contributed by atoms with Gasteiger partial charge in [0.25, 0.3) is 5.91 Å². The van der Waals surface area contributed by atoms with E-state index in [0.717, 1.165) is 0 Å². The number of benzene rings is 1. The number of rotatable bonds is 12. The molecule has 0 saturated heterocycles. The number of primary amides is 1. The van der Waals surface area contributed by atoms with E-state index in [-0.39, 0.29) is 30.4 Å². The van der Waals surface area contributed by atoms with E-state index in [2.05, 4.69) is 20.7 Å². The second-order valence-electron chi connectivity index (χ2n) is 9.96. The Kier molecular flexibility index (Phi) is 9.49. The molecule has 212 valence electrons. The summed E-state index contributed by atoms with van der Waals surface area (Å²) in [5.74, 6) is -0.559. The number of hydrogen-bond donors (Lipinski definition) is 3. The number of aryl methyl sites for hydroxylation is 3. The Morgan fingerprint density at radius 1 is 1.15 bits per heavy atom. The summed E-state index contributed by atoms with van der Waals surface area (Å²) in [5.41, 5.74) is 6.90. The number of amides is 3. The van der Waals surface area contributed by atoms with Crippen molar-refractivity contribution in [3.8, 4) is 5.75 Å². The molecule has 0 atom stereocenters. The van der Waals surface area contributed by atoms with E-state index >= 15 is 0 Å². The van der Waals surface area contributed by atoms with Gasteiger partial charge in [0.2, 0.25) is 11.9 Å². The van der Waals surface area contributed by atoms with Crippen molar-refractivity contribution >= 4 is 34.9 Å². The number of carbonyl (C=O) groups excluding carboxylic acids is 3. The number of anilines is 1. The Balaban J connectivity index is 1.86. The minimum Gasteiger partial charge on any atom is -0.491 e. The molecule has 3 amide bonds. The van der Waals surface area contributed by atoms with Gasteiger partial charge in [-0.2, -0.15) is 5.10 Å². The first-order valence-corrected chi connectivity index (χ1v) is 12.8. The van der Waals surface area contributed by atoms with Crippen LogP contribution in [0.2, 0.25) is 0 Å². The van der Waals surface area contributed by atoms with Gasteiger partial charge in [-0.1, -0.05) is 6.92 Å². The van der Waals surface area contributed by atoms with E-state index in [0.29, 0.717) is 48.4 Å². The van der Waals surface area contributed by atoms with Gasteiger partial charge in [-0.15, -0.1) is 0 Å². The summed E-state index contributed by atoms with van der Waals surface area (Å²) in [6.45, 7) is 9.33. The van der Waals surface area contributed by atoms with E-state index in [4.69, 9.17) is 15.2 Å². The molecule has 0 aliphatic heterocycles. The molecule has 0 unspecified atom stereocenters. The Bertz CT molecular complexity index is 1340. The number of imidazole rings is 1. The number of nitrogens with two attached hydrogens (primary N) is 1. The molecule has 2 aromatic heterocycles. The fourth-order valence-corrected chi connectivity index (χ4v) is 3.92. The molecule has 2 heterocycles. The smallest absolute Gasteiger partial charge is 0.407 e. The maximum absolute atomic E-state index is 13.1. The first-order valence-electron chi connectivity index (χ1n) is 12.8. The lowest BCUT2D eigenvalue weighted by Gasteiger charge is -2.19. The van der Waals surface area contributed by atoms with Crippen LogP contribution in [0.4, 0.5) is 15.1 Å². The summed E-state index contributed by atoms with van der Waals surface area (Å²) in [4.78, 5) is 41.5. The molecule has 0 saturated carbocycles. The number of carbonyl (C=O) groups is 3. The van der Waals surface area contributed by atoms with Crippen LogP contribution in [0.5, 0.6) is 5.75 Å². The van der Waals surface area contributed by atoms with Crippen LogP contribution in [-0.2, 0) is 17.8 Å². The third kappa shape index (κ3) is 7.68. The van der Waals surface area contributed by atoms with Gasteiger partial charge in [0.1, 0.15) is 29.2 Å². The Hall–Kier alpha value is -4.16. The second-order valence-corrected chi connectivity index (χ2v) is 9.96. The van der Waals surface area contributed by atoms with E-state index in [9.17, 15) is 18.8 Å². The molecular formula is C26H36FN7O5. The molecule has 39 heavy (non-hydrogen) atoms. The highest BCUT2D eigenvalue weighted by molar-refractivity contribution is 6.04. The summed E-state index contributed by atoms with van der Waals surface area (Å²) < 4.78 is 27.3. The number of nitrogens with zero attached hydrogens (tertiary/aromatic N) is 4. The summed E-state index contributed by atoms with van der Waals surface area (Å²) >= 11 is 0. The monoisotopic (exact) mass is 545 g/mol. The fourth-order valence-electron chi connectivity index (χ4n) is 3.92. The van der Waals surface area contributed by atoms with Crippen molar-refractivity contribution in [1.29, 1.82) is 0 Å². The Morgan fingerprint density at radius 3 is 2.54 bits per heavy atom. The first kappa shape index (κ1) is 29.4. The summed E-state index contributed by atoms with van der Waals surface area (Å²) in [7, 11) is 0. The molecular weight excluding hydrogens is 509 g/mol. The van der Waals surface area contributed by atoms with Crippen molar-refractivity contribution in [2.45, 2.75) is 66.2 Å². The lowest BCUT2D eigenvalue weighted by Crippen LogP contribution is -2.33. The number of hydrogen-bond acceptors (Lipinski definition) is 7. The summed E-state index contributed by atoms with van der Waals surface area (Å²) in [6.07, 6.45) is 0.653. The maximum Gasteiger partial charge on any atom is 0.407 e. The highest BCUT2D eigenvalue weighted by Crippen LogP contribution is 2.31. The van der Waals surface area contributed by atoms with Gasteiger partial charge in [-0.25, -0.2) is 14.2 Å². The highest BCUT2D eigenvalue weighted by Gasteiger charge is 2.22. The molecule has 0 bridgehead atoms. The zero-order chi connectivity index (χ0) is 28.7. The van der Waals surface area contributed by atoms with Gasteiger partial charge in [0, 0.05) is 18.7 Å². The van der Waals surface area contributed by atoms with Crippen LogP contribution in [0, 0.1) is 6.92 Å². The third-order valence-corrected chi connectivity index (χ3v) is 5.44. The van der Waals surface area contributed by atoms with E-state index in [1.807, 2.05) is 6.92 Å². The fraction of sp³-hybridized carbons (Fsp3) is 0.500. The largest absolute Gasteiger partial charge is 0.491 e. The van der Waals surface area contributed by atoms with Gasteiger partial charge in [0.05, 0.1) is 24.4 Å². The van der Waals surface area contributed by atoms with Crippen LogP contribution in [-0.4, -0.2) is 62.7 Å². The number of fused-ring (bicyclic) bond motifs is 1. The molecule has 3 aromatic rings. The number of alkyl carbamates (subject to hydrolysis) is 1. The molecule has 4 N–H and O–H groups in total. The van der Waals surface area contributed by atoms with Crippen LogP contribution in [0.15, 0.2) is 18.2 Å². The van der Waals surface area contributed by atoms with Crippen LogP contribution in [0.25, 0.3) is 11.0 Å². The lowest BCUT2D eigenvalue weighted by molar-refractivity contribution is 0.0525. The molecule has 12 nitrogen and oxygen atoms in total. The Labute approximate surface area is 226 Å². The predicted octanol–water partition coefficient (Wildman–Crippen LogP) is 3.57. The number of halogens is 1. The number of alkyl halides is 1. The minimum absolute atomic E-state index is 0.0509. The van der Waals surface area contributed by atoms with E-state index < -0.39 is 30.2 Å². The summed E-state index contributed by atoms with van der Waals surface area (Å²) in [5, 5.41) is 9.63. The van der Waals surface area contributed by atoms with Crippen molar-refractivity contribution in [1.82, 2.24) is 24.6 Å². The normalized spacial score (nSPS) is 11.4. The molecule has 13 heteroatoms.